The Balaban J connectivity index is 1.97. The number of benzene rings is 2. The molecule has 0 saturated carbocycles. The zero-order valence-electron chi connectivity index (χ0n) is 12.8. The second-order valence-corrected chi connectivity index (χ2v) is 8.38. The smallest absolute Gasteiger partial charge is 0.299 e. The molecule has 126 valence electrons. The first-order valence-corrected chi connectivity index (χ1v) is 10.0. The summed E-state index contributed by atoms with van der Waals surface area (Å²) in [4.78, 5) is 12.1. The van der Waals surface area contributed by atoms with Crippen molar-refractivity contribution in [2.24, 2.45) is 0 Å². The molecule has 1 N–H and O–H groups in total. The second-order valence-electron chi connectivity index (χ2n) is 5.26. The molecule has 0 aliphatic carbocycles. The quantitative estimate of drug-likeness (QED) is 0.727. The normalized spacial score (nSPS) is 11.8. The van der Waals surface area contributed by atoms with E-state index in [1.54, 1.807) is 34.9 Å². The fraction of sp³-hybridized carbons (Fsp3) is 0.188. The van der Waals surface area contributed by atoms with Crippen molar-refractivity contribution in [3.8, 4) is 0 Å². The fourth-order valence-electron chi connectivity index (χ4n) is 2.41. The van der Waals surface area contributed by atoms with Gasteiger partial charge in [0, 0.05) is 11.6 Å². The lowest BCUT2D eigenvalue weighted by molar-refractivity contribution is 0.601. The minimum Gasteiger partial charge on any atom is -0.299 e. The number of aryl methyl sites for hydroxylation is 1. The number of hydrogen-bond donors (Lipinski definition) is 1. The predicted octanol–water partition coefficient (Wildman–Crippen LogP) is 3.93. The summed E-state index contributed by atoms with van der Waals surface area (Å²) in [5.74, 6) is 0. The van der Waals surface area contributed by atoms with Gasteiger partial charge in [-0.2, -0.15) is 0 Å². The Morgan fingerprint density at radius 2 is 2.00 bits per heavy atom. The van der Waals surface area contributed by atoms with E-state index in [-0.39, 0.29) is 9.77 Å². The predicted molar refractivity (Wildman–Crippen MR) is 98.6 cm³/mol. The first-order valence-electron chi connectivity index (χ1n) is 7.32. The topological polar surface area (TPSA) is 68.2 Å². The highest BCUT2D eigenvalue weighted by Gasteiger charge is 2.15. The SMILES string of the molecule is CCCn1c(=O)sc2cc(NS(=O)(=O)c3cccc(Cl)c3)ccc21. The highest BCUT2D eigenvalue weighted by atomic mass is 35.5. The Bertz CT molecular complexity index is 1050. The molecule has 3 rings (SSSR count). The Kier molecular flexibility index (Phi) is 4.67. The summed E-state index contributed by atoms with van der Waals surface area (Å²) < 4.78 is 29.8. The molecule has 0 amide bonds. The zero-order chi connectivity index (χ0) is 17.3. The minimum absolute atomic E-state index is 0.0401. The molecule has 24 heavy (non-hydrogen) atoms. The van der Waals surface area contributed by atoms with Crippen molar-refractivity contribution in [3.63, 3.8) is 0 Å². The maximum absolute atomic E-state index is 12.4. The third kappa shape index (κ3) is 3.33. The Labute approximate surface area is 148 Å². The summed E-state index contributed by atoms with van der Waals surface area (Å²) >= 11 is 6.96. The van der Waals surface area contributed by atoms with E-state index < -0.39 is 10.0 Å². The average Bonchev–Trinajstić information content (AvgIpc) is 2.82. The molecular weight excluding hydrogens is 368 g/mol. The summed E-state index contributed by atoms with van der Waals surface area (Å²) in [7, 11) is -3.73. The number of fused-ring (bicyclic) bond motifs is 1. The molecule has 1 heterocycles. The molecule has 0 bridgehead atoms. The van der Waals surface area contributed by atoms with Gasteiger partial charge in [0.2, 0.25) is 0 Å². The van der Waals surface area contributed by atoms with Gasteiger partial charge < -0.3 is 0 Å². The lowest BCUT2D eigenvalue weighted by Gasteiger charge is -2.09. The number of nitrogens with zero attached hydrogens (tertiary/aromatic N) is 1. The third-order valence-corrected chi connectivity index (χ3v) is 6.03. The van der Waals surface area contributed by atoms with Gasteiger partial charge in [0.25, 0.3) is 10.0 Å². The average molecular weight is 383 g/mol. The van der Waals surface area contributed by atoms with Crippen LogP contribution in [0.25, 0.3) is 10.2 Å². The number of anilines is 1. The monoisotopic (exact) mass is 382 g/mol. The van der Waals surface area contributed by atoms with Crippen LogP contribution in [0.15, 0.2) is 52.2 Å². The molecule has 3 aromatic rings. The van der Waals surface area contributed by atoms with Crippen LogP contribution in [0, 0.1) is 0 Å². The third-order valence-electron chi connectivity index (χ3n) is 3.47. The number of halogens is 1. The second kappa shape index (κ2) is 6.58. The van der Waals surface area contributed by atoms with Gasteiger partial charge in [-0.1, -0.05) is 35.9 Å². The van der Waals surface area contributed by atoms with E-state index in [0.29, 0.717) is 17.3 Å². The fourth-order valence-corrected chi connectivity index (χ4v) is 4.72. The molecule has 0 saturated heterocycles. The van der Waals surface area contributed by atoms with Gasteiger partial charge in [-0.3, -0.25) is 14.1 Å². The van der Waals surface area contributed by atoms with Gasteiger partial charge in [0.15, 0.2) is 0 Å². The summed E-state index contributed by atoms with van der Waals surface area (Å²) in [6, 6.07) is 11.1. The summed E-state index contributed by atoms with van der Waals surface area (Å²) in [6.07, 6.45) is 0.856. The lowest BCUT2D eigenvalue weighted by atomic mass is 10.3. The van der Waals surface area contributed by atoms with E-state index in [4.69, 9.17) is 11.6 Å². The van der Waals surface area contributed by atoms with Crippen LogP contribution < -0.4 is 9.60 Å². The molecule has 0 fully saturated rings. The van der Waals surface area contributed by atoms with Crippen LogP contribution in [0.3, 0.4) is 0 Å². The molecule has 2 aromatic carbocycles. The van der Waals surface area contributed by atoms with E-state index in [0.717, 1.165) is 28.0 Å². The number of nitrogens with one attached hydrogen (secondary N) is 1. The lowest BCUT2D eigenvalue weighted by Crippen LogP contribution is -2.13. The first kappa shape index (κ1) is 17.0. The number of thiazole rings is 1. The molecular formula is C16H15ClN2O3S2. The van der Waals surface area contributed by atoms with E-state index >= 15 is 0 Å². The zero-order valence-corrected chi connectivity index (χ0v) is 15.2. The van der Waals surface area contributed by atoms with E-state index in [1.807, 2.05) is 6.92 Å². The summed E-state index contributed by atoms with van der Waals surface area (Å²) in [5.41, 5.74) is 1.23. The maximum Gasteiger partial charge on any atom is 0.308 e. The van der Waals surface area contributed by atoms with Gasteiger partial charge >= 0.3 is 4.87 Å². The Morgan fingerprint density at radius 1 is 1.21 bits per heavy atom. The van der Waals surface area contributed by atoms with Crippen LogP contribution in [0.1, 0.15) is 13.3 Å². The Hall–Kier alpha value is -1.83. The van der Waals surface area contributed by atoms with Gasteiger partial charge in [-0.15, -0.1) is 0 Å². The minimum atomic E-state index is -3.73. The van der Waals surface area contributed by atoms with Crippen molar-refractivity contribution in [2.75, 3.05) is 4.72 Å². The van der Waals surface area contributed by atoms with E-state index in [2.05, 4.69) is 4.72 Å². The molecule has 0 aliphatic heterocycles. The van der Waals surface area contributed by atoms with Gasteiger partial charge in [0.1, 0.15) is 0 Å². The summed E-state index contributed by atoms with van der Waals surface area (Å²) in [6.45, 7) is 2.65. The molecule has 0 unspecified atom stereocenters. The molecule has 8 heteroatoms. The van der Waals surface area contributed by atoms with Crippen molar-refractivity contribution in [3.05, 3.63) is 57.2 Å². The van der Waals surface area contributed by atoms with Crippen molar-refractivity contribution in [2.45, 2.75) is 24.8 Å². The largest absolute Gasteiger partial charge is 0.308 e. The van der Waals surface area contributed by atoms with E-state index in [1.165, 1.54) is 12.1 Å². The van der Waals surface area contributed by atoms with Crippen LogP contribution in [0.5, 0.6) is 0 Å². The van der Waals surface area contributed by atoms with Gasteiger partial charge in [-0.05, 0) is 42.8 Å². The van der Waals surface area contributed by atoms with Crippen molar-refractivity contribution in [1.29, 1.82) is 0 Å². The van der Waals surface area contributed by atoms with Crippen molar-refractivity contribution in [1.82, 2.24) is 4.57 Å². The van der Waals surface area contributed by atoms with Crippen molar-refractivity contribution >= 4 is 48.9 Å². The van der Waals surface area contributed by atoms with Crippen LogP contribution in [0.4, 0.5) is 5.69 Å². The van der Waals surface area contributed by atoms with Gasteiger partial charge in [-0.25, -0.2) is 8.42 Å². The highest BCUT2D eigenvalue weighted by molar-refractivity contribution is 7.92. The number of sulfonamides is 1. The van der Waals surface area contributed by atoms with Crippen LogP contribution in [0.2, 0.25) is 5.02 Å². The molecule has 0 radical (unpaired) electrons. The number of hydrogen-bond acceptors (Lipinski definition) is 4. The van der Waals surface area contributed by atoms with E-state index in [9.17, 15) is 13.2 Å². The number of aromatic nitrogens is 1. The van der Waals surface area contributed by atoms with Crippen LogP contribution in [-0.4, -0.2) is 13.0 Å². The molecule has 0 atom stereocenters. The highest BCUT2D eigenvalue weighted by Crippen LogP contribution is 2.24. The molecule has 5 nitrogen and oxygen atoms in total. The van der Waals surface area contributed by atoms with Crippen LogP contribution in [-0.2, 0) is 16.6 Å². The van der Waals surface area contributed by atoms with Gasteiger partial charge in [0.05, 0.1) is 20.8 Å². The van der Waals surface area contributed by atoms with Crippen LogP contribution >= 0.6 is 22.9 Å². The maximum atomic E-state index is 12.4. The first-order chi connectivity index (χ1) is 11.4. The molecule has 0 spiro atoms. The molecule has 0 aliphatic rings. The Morgan fingerprint density at radius 3 is 2.71 bits per heavy atom. The molecule has 1 aromatic heterocycles. The van der Waals surface area contributed by atoms with Crippen molar-refractivity contribution < 1.29 is 8.42 Å². The summed E-state index contributed by atoms with van der Waals surface area (Å²) in [5, 5.41) is 0.350. The standard InChI is InChI=1S/C16H15ClN2O3S2/c1-2-8-19-14-7-6-12(10-15(14)23-16(19)20)18-24(21,22)13-5-3-4-11(17)9-13/h3-7,9-10,18H,2,8H2,1H3. The number of rotatable bonds is 5.